The fourth-order valence-electron chi connectivity index (χ4n) is 9.56. The lowest BCUT2D eigenvalue weighted by Crippen LogP contribution is -2.59. The van der Waals surface area contributed by atoms with Crippen molar-refractivity contribution in [3.8, 4) is 6.07 Å². The molecule has 7 aliphatic rings. The van der Waals surface area contributed by atoms with Crippen LogP contribution >= 0.6 is 0 Å². The van der Waals surface area contributed by atoms with Gasteiger partial charge in [0.05, 0.1) is 23.5 Å². The fourth-order valence-corrected chi connectivity index (χ4v) is 9.56. The second-order valence-corrected chi connectivity index (χ2v) is 17.6. The van der Waals surface area contributed by atoms with Crippen molar-refractivity contribution in [3.05, 3.63) is 29.8 Å². The van der Waals surface area contributed by atoms with Crippen LogP contribution in [0.1, 0.15) is 89.0 Å². The van der Waals surface area contributed by atoms with E-state index in [2.05, 4.69) is 26.1 Å². The van der Waals surface area contributed by atoms with Gasteiger partial charge in [-0.25, -0.2) is 9.59 Å². The van der Waals surface area contributed by atoms with E-state index >= 15 is 0 Å². The number of rotatable bonds is 7. The molecule has 6 amide bonds. The summed E-state index contributed by atoms with van der Waals surface area (Å²) in [5.74, 6) is 1.06. The van der Waals surface area contributed by atoms with Gasteiger partial charge in [-0.1, -0.05) is 32.1 Å². The molecule has 3 saturated carbocycles. The third-order valence-electron chi connectivity index (χ3n) is 13.7. The number of carbonyl (C=O) groups excluding carboxylic acids is 4. The van der Waals surface area contributed by atoms with E-state index in [-0.39, 0.29) is 35.7 Å². The summed E-state index contributed by atoms with van der Waals surface area (Å²) in [7, 11) is 1.93. The van der Waals surface area contributed by atoms with Gasteiger partial charge in [-0.3, -0.25) is 19.4 Å². The number of nitriles is 1. The number of hydrogen-bond donors (Lipinski definition) is 1. The van der Waals surface area contributed by atoms with Crippen LogP contribution in [0.2, 0.25) is 0 Å². The third kappa shape index (κ3) is 9.97. The molecule has 4 saturated heterocycles. The van der Waals surface area contributed by atoms with E-state index in [1.165, 1.54) is 70.6 Å². The summed E-state index contributed by atoms with van der Waals surface area (Å²) in [5.41, 5.74) is 1.21. The van der Waals surface area contributed by atoms with Gasteiger partial charge in [-0.15, -0.1) is 0 Å². The van der Waals surface area contributed by atoms with Crippen LogP contribution in [0.15, 0.2) is 24.3 Å². The molecule has 0 aromatic heterocycles. The van der Waals surface area contributed by atoms with Crippen molar-refractivity contribution < 1.29 is 19.2 Å². The van der Waals surface area contributed by atoms with Gasteiger partial charge in [0.2, 0.25) is 11.8 Å². The van der Waals surface area contributed by atoms with Crippen molar-refractivity contribution in [1.29, 1.82) is 5.26 Å². The van der Waals surface area contributed by atoms with E-state index in [1.54, 1.807) is 29.2 Å². The van der Waals surface area contributed by atoms with Gasteiger partial charge in [0.15, 0.2) is 0 Å². The van der Waals surface area contributed by atoms with Gasteiger partial charge in [0.1, 0.15) is 0 Å². The van der Waals surface area contributed by atoms with Crippen molar-refractivity contribution >= 4 is 29.6 Å². The summed E-state index contributed by atoms with van der Waals surface area (Å²) in [6.07, 6.45) is 16.6. The standard InChI is InChI=1S/C22H38N4O2.C21H27N5O2/c1-23(15-18-7-3-2-4-8-18)22(28)26-16-19(17-26)21(27)25-12-6-11-24(13-14-25)20-9-5-10-20;22-13-16-5-7-18(8-6-16)23-21(28)26-14-17(15-26)20(27)25-10-2-9-24(11-12-25)19-3-1-4-19/h18-20H,2-17H2,1H3;5-8,17,19H,1-4,9-12,14-15H2,(H,23,28). The van der Waals surface area contributed by atoms with Gasteiger partial charge in [-0.05, 0) is 81.5 Å². The highest BCUT2D eigenvalue weighted by atomic mass is 16.2. The highest BCUT2D eigenvalue weighted by molar-refractivity contribution is 5.92. The topological polar surface area (TPSA) is 127 Å². The predicted molar refractivity (Wildman–Crippen MR) is 216 cm³/mol. The lowest BCUT2D eigenvalue weighted by molar-refractivity contribution is -0.140. The minimum Gasteiger partial charge on any atom is -0.341 e. The molecule has 0 bridgehead atoms. The van der Waals surface area contributed by atoms with Gasteiger partial charge >= 0.3 is 12.1 Å². The molecule has 306 valence electrons. The van der Waals surface area contributed by atoms with E-state index in [0.717, 1.165) is 83.8 Å². The molecule has 1 aromatic rings. The van der Waals surface area contributed by atoms with Gasteiger partial charge < -0.3 is 29.8 Å². The Morgan fingerprint density at radius 3 is 1.62 bits per heavy atom. The van der Waals surface area contributed by atoms with Gasteiger partial charge in [-0.2, -0.15) is 5.26 Å². The predicted octanol–water partition coefficient (Wildman–Crippen LogP) is 4.75. The van der Waals surface area contributed by atoms with Crippen molar-refractivity contribution in [1.82, 2.24) is 34.3 Å². The molecule has 1 N–H and O–H groups in total. The first kappa shape index (κ1) is 40.3. The monoisotopic (exact) mass is 772 g/mol. The van der Waals surface area contributed by atoms with E-state index in [1.807, 2.05) is 21.7 Å². The van der Waals surface area contributed by atoms with Crippen molar-refractivity contribution in [2.24, 2.45) is 17.8 Å². The van der Waals surface area contributed by atoms with Crippen LogP contribution in [-0.4, -0.2) is 162 Å². The molecule has 0 radical (unpaired) electrons. The number of benzene rings is 1. The number of amides is 6. The van der Waals surface area contributed by atoms with Crippen LogP contribution < -0.4 is 5.32 Å². The molecule has 1 aromatic carbocycles. The van der Waals surface area contributed by atoms with E-state index < -0.39 is 0 Å². The molecule has 0 unspecified atom stereocenters. The van der Waals surface area contributed by atoms with E-state index in [0.29, 0.717) is 43.3 Å². The number of carbonyl (C=O) groups is 4. The number of urea groups is 2. The van der Waals surface area contributed by atoms with Crippen molar-refractivity contribution in [3.63, 3.8) is 0 Å². The fraction of sp³-hybridized carbons (Fsp3) is 0.744. The lowest BCUT2D eigenvalue weighted by atomic mass is 9.89. The van der Waals surface area contributed by atoms with Crippen LogP contribution in [0.25, 0.3) is 0 Å². The van der Waals surface area contributed by atoms with Crippen LogP contribution in [0.4, 0.5) is 15.3 Å². The maximum absolute atomic E-state index is 12.9. The minimum atomic E-state index is -0.194. The zero-order valence-corrected chi connectivity index (χ0v) is 33.8. The van der Waals surface area contributed by atoms with Gasteiger partial charge in [0, 0.05) is 110 Å². The first-order valence-electron chi connectivity index (χ1n) is 21.9. The smallest absolute Gasteiger partial charge is 0.321 e. The first-order chi connectivity index (χ1) is 27.2. The Bertz CT molecular complexity index is 1540. The average molecular weight is 772 g/mol. The first-order valence-corrected chi connectivity index (χ1v) is 21.9. The number of hydrogen-bond acceptors (Lipinski definition) is 7. The Labute approximate surface area is 334 Å². The normalized spacial score (nSPS) is 23.5. The molecule has 0 spiro atoms. The Kier molecular flexibility index (Phi) is 13.7. The van der Waals surface area contributed by atoms with Gasteiger partial charge in [0.25, 0.3) is 0 Å². The molecular weight excluding hydrogens is 707 g/mol. The molecular formula is C43H65N9O4. The Hall–Kier alpha value is -3.89. The zero-order valence-electron chi connectivity index (χ0n) is 33.8. The highest BCUT2D eigenvalue weighted by Crippen LogP contribution is 2.29. The molecule has 56 heavy (non-hydrogen) atoms. The quantitative estimate of drug-likeness (QED) is 0.425. The maximum atomic E-state index is 12.9. The summed E-state index contributed by atoms with van der Waals surface area (Å²) >= 11 is 0. The lowest BCUT2D eigenvalue weighted by Gasteiger charge is -2.42. The summed E-state index contributed by atoms with van der Waals surface area (Å²) in [5, 5.41) is 11.6. The van der Waals surface area contributed by atoms with Crippen molar-refractivity contribution in [2.45, 2.75) is 95.6 Å². The zero-order chi connectivity index (χ0) is 39.0. The van der Waals surface area contributed by atoms with Crippen LogP contribution in [0.3, 0.4) is 0 Å². The Morgan fingerprint density at radius 1 is 0.625 bits per heavy atom. The van der Waals surface area contributed by atoms with E-state index in [9.17, 15) is 19.2 Å². The molecule has 4 aliphatic heterocycles. The summed E-state index contributed by atoms with van der Waals surface area (Å²) in [6, 6.07) is 10.2. The second kappa shape index (κ2) is 19.0. The molecule has 13 heteroatoms. The van der Waals surface area contributed by atoms with Crippen LogP contribution in [-0.2, 0) is 9.59 Å². The number of nitrogens with one attached hydrogen (secondary N) is 1. The number of likely N-dealkylation sites (tertiary alicyclic amines) is 2. The number of nitrogens with zero attached hydrogens (tertiary/aromatic N) is 8. The SMILES string of the molecule is CN(CC1CCCCC1)C(=O)N1CC(C(=O)N2CCCN(C3CCC3)CC2)C1.N#Cc1ccc(NC(=O)N2CC(C(=O)N3CCCN(C4CCC4)CC3)C2)cc1. The molecule has 0 atom stereocenters. The summed E-state index contributed by atoms with van der Waals surface area (Å²) in [4.78, 5) is 65.3. The minimum absolute atomic E-state index is 0.0160. The Morgan fingerprint density at radius 2 is 1.14 bits per heavy atom. The largest absolute Gasteiger partial charge is 0.341 e. The van der Waals surface area contributed by atoms with Crippen LogP contribution in [0, 0.1) is 29.1 Å². The second-order valence-electron chi connectivity index (χ2n) is 17.6. The summed E-state index contributed by atoms with van der Waals surface area (Å²) in [6.45, 7) is 10.7. The van der Waals surface area contributed by atoms with E-state index in [4.69, 9.17) is 5.26 Å². The molecule has 4 heterocycles. The molecule has 8 rings (SSSR count). The number of anilines is 1. The third-order valence-corrected chi connectivity index (χ3v) is 13.7. The highest BCUT2D eigenvalue weighted by Gasteiger charge is 2.41. The maximum Gasteiger partial charge on any atom is 0.321 e. The Balaban J connectivity index is 0.000000172. The molecule has 7 fully saturated rings. The van der Waals surface area contributed by atoms with Crippen molar-refractivity contribution in [2.75, 3.05) is 97.4 Å². The average Bonchev–Trinajstić information content (AvgIpc) is 3.51. The summed E-state index contributed by atoms with van der Waals surface area (Å²) < 4.78 is 0. The van der Waals surface area contributed by atoms with Crippen LogP contribution in [0.5, 0.6) is 0 Å². The molecule has 13 nitrogen and oxygen atoms in total. The molecule has 3 aliphatic carbocycles.